The van der Waals surface area contributed by atoms with Crippen molar-refractivity contribution in [3.8, 4) is 6.07 Å². The van der Waals surface area contributed by atoms with Crippen LogP contribution in [0.2, 0.25) is 0 Å². The number of hydrogen-bond acceptors (Lipinski definition) is 3. The molecule has 0 bridgehead atoms. The van der Waals surface area contributed by atoms with Gasteiger partial charge in [0.15, 0.2) is 0 Å². The summed E-state index contributed by atoms with van der Waals surface area (Å²) in [4.78, 5) is 13.7. The fourth-order valence-electron chi connectivity index (χ4n) is 1.88. The van der Waals surface area contributed by atoms with E-state index in [1.165, 1.54) is 0 Å². The van der Waals surface area contributed by atoms with Gasteiger partial charge in [0.1, 0.15) is 0 Å². The fraction of sp³-hybridized carbons (Fsp3) is 0.500. The molecule has 0 radical (unpaired) electrons. The van der Waals surface area contributed by atoms with E-state index in [0.29, 0.717) is 12.0 Å². The van der Waals surface area contributed by atoms with Gasteiger partial charge in [-0.3, -0.25) is 4.79 Å². The predicted molar refractivity (Wildman–Crippen MR) is 81.6 cm³/mol. The minimum Gasteiger partial charge on any atom is -0.384 e. The standard InChI is InChI=1S/C16H23N3O/c1-16(2,10-7-11-17)12-18-14-9-6-5-8-13(14)15(20)19(3)4/h5-6,8-9,18H,7,10,12H2,1-4H3. The molecule has 0 heterocycles. The summed E-state index contributed by atoms with van der Waals surface area (Å²) < 4.78 is 0. The van der Waals surface area contributed by atoms with E-state index in [-0.39, 0.29) is 11.3 Å². The summed E-state index contributed by atoms with van der Waals surface area (Å²) in [7, 11) is 3.49. The van der Waals surface area contributed by atoms with Gasteiger partial charge in [-0.15, -0.1) is 0 Å². The molecule has 0 fully saturated rings. The fourth-order valence-corrected chi connectivity index (χ4v) is 1.88. The molecule has 1 aromatic rings. The number of amides is 1. The van der Waals surface area contributed by atoms with Gasteiger partial charge in [0, 0.05) is 32.7 Å². The van der Waals surface area contributed by atoms with Crippen LogP contribution in [0.25, 0.3) is 0 Å². The smallest absolute Gasteiger partial charge is 0.255 e. The van der Waals surface area contributed by atoms with E-state index < -0.39 is 0 Å². The van der Waals surface area contributed by atoms with Crippen molar-refractivity contribution in [3.05, 3.63) is 29.8 Å². The Morgan fingerprint density at radius 2 is 2.00 bits per heavy atom. The first-order valence-corrected chi connectivity index (χ1v) is 6.79. The van der Waals surface area contributed by atoms with Crippen molar-refractivity contribution in [3.63, 3.8) is 0 Å². The van der Waals surface area contributed by atoms with Crippen molar-refractivity contribution in [1.82, 2.24) is 4.90 Å². The largest absolute Gasteiger partial charge is 0.384 e. The van der Waals surface area contributed by atoms with Crippen LogP contribution < -0.4 is 5.32 Å². The highest BCUT2D eigenvalue weighted by Crippen LogP contribution is 2.24. The Kier molecular flexibility index (Phi) is 5.57. The summed E-state index contributed by atoms with van der Waals surface area (Å²) >= 11 is 0. The van der Waals surface area contributed by atoms with Gasteiger partial charge in [-0.2, -0.15) is 5.26 Å². The van der Waals surface area contributed by atoms with Gasteiger partial charge in [-0.25, -0.2) is 0 Å². The molecule has 1 rings (SSSR count). The molecular formula is C16H23N3O. The van der Waals surface area contributed by atoms with E-state index in [1.807, 2.05) is 24.3 Å². The van der Waals surface area contributed by atoms with Crippen LogP contribution in [0.1, 0.15) is 37.0 Å². The Balaban J connectivity index is 2.79. The van der Waals surface area contributed by atoms with E-state index >= 15 is 0 Å². The Hall–Kier alpha value is -2.02. The van der Waals surface area contributed by atoms with Crippen molar-refractivity contribution < 1.29 is 4.79 Å². The third kappa shape index (κ3) is 4.58. The summed E-state index contributed by atoms with van der Waals surface area (Å²) in [6.07, 6.45) is 1.38. The first-order chi connectivity index (χ1) is 9.37. The van der Waals surface area contributed by atoms with Gasteiger partial charge in [-0.1, -0.05) is 26.0 Å². The van der Waals surface area contributed by atoms with Crippen LogP contribution in [-0.4, -0.2) is 31.4 Å². The summed E-state index contributed by atoms with van der Waals surface area (Å²) in [6, 6.07) is 9.70. The number of para-hydroxylation sites is 1. The van der Waals surface area contributed by atoms with Crippen LogP contribution in [0.4, 0.5) is 5.69 Å². The third-order valence-corrected chi connectivity index (χ3v) is 3.23. The summed E-state index contributed by atoms with van der Waals surface area (Å²) in [5.74, 6) is -0.0112. The molecule has 4 heteroatoms. The second-order valence-corrected chi connectivity index (χ2v) is 5.92. The van der Waals surface area contributed by atoms with E-state index in [1.54, 1.807) is 19.0 Å². The first-order valence-electron chi connectivity index (χ1n) is 6.79. The Morgan fingerprint density at radius 3 is 2.60 bits per heavy atom. The van der Waals surface area contributed by atoms with Crippen LogP contribution >= 0.6 is 0 Å². The van der Waals surface area contributed by atoms with Crippen LogP contribution in [0.5, 0.6) is 0 Å². The summed E-state index contributed by atoms with van der Waals surface area (Å²) in [6.45, 7) is 4.97. The number of benzene rings is 1. The molecule has 0 saturated carbocycles. The number of hydrogen-bond donors (Lipinski definition) is 1. The van der Waals surface area contributed by atoms with Gasteiger partial charge >= 0.3 is 0 Å². The lowest BCUT2D eigenvalue weighted by Crippen LogP contribution is -2.26. The van der Waals surface area contributed by atoms with Crippen molar-refractivity contribution >= 4 is 11.6 Å². The molecule has 1 aromatic carbocycles. The molecule has 0 unspecified atom stereocenters. The molecular weight excluding hydrogens is 250 g/mol. The zero-order chi connectivity index (χ0) is 15.2. The normalized spacial score (nSPS) is 10.8. The van der Waals surface area contributed by atoms with E-state index in [9.17, 15) is 4.79 Å². The van der Waals surface area contributed by atoms with Gasteiger partial charge in [-0.05, 0) is 24.0 Å². The number of anilines is 1. The molecule has 4 nitrogen and oxygen atoms in total. The van der Waals surface area contributed by atoms with E-state index in [2.05, 4.69) is 25.2 Å². The van der Waals surface area contributed by atoms with Crippen molar-refractivity contribution in [2.24, 2.45) is 5.41 Å². The maximum atomic E-state index is 12.1. The molecule has 0 atom stereocenters. The van der Waals surface area contributed by atoms with Gasteiger partial charge in [0.05, 0.1) is 11.6 Å². The summed E-state index contributed by atoms with van der Waals surface area (Å²) in [5, 5.41) is 12.0. The maximum Gasteiger partial charge on any atom is 0.255 e. The predicted octanol–water partition coefficient (Wildman–Crippen LogP) is 3.13. The molecule has 1 N–H and O–H groups in total. The van der Waals surface area contributed by atoms with Gasteiger partial charge in [0.2, 0.25) is 0 Å². The number of nitrogens with one attached hydrogen (secondary N) is 1. The Labute approximate surface area is 121 Å². The van der Waals surface area contributed by atoms with Gasteiger partial charge < -0.3 is 10.2 Å². The van der Waals surface area contributed by atoms with Crippen LogP contribution in [-0.2, 0) is 0 Å². The van der Waals surface area contributed by atoms with E-state index in [0.717, 1.165) is 18.7 Å². The van der Waals surface area contributed by atoms with E-state index in [4.69, 9.17) is 5.26 Å². The molecule has 1 amide bonds. The summed E-state index contributed by atoms with van der Waals surface area (Å²) in [5.41, 5.74) is 1.54. The maximum absolute atomic E-state index is 12.1. The van der Waals surface area contributed by atoms with Crippen molar-refractivity contribution in [2.75, 3.05) is 26.0 Å². The minimum absolute atomic E-state index is 0.0112. The third-order valence-electron chi connectivity index (χ3n) is 3.23. The van der Waals surface area contributed by atoms with Crippen LogP contribution in [0.15, 0.2) is 24.3 Å². The number of carbonyl (C=O) groups is 1. The van der Waals surface area contributed by atoms with Crippen LogP contribution in [0, 0.1) is 16.7 Å². The molecule has 0 aliphatic heterocycles. The average molecular weight is 273 g/mol. The highest BCUT2D eigenvalue weighted by molar-refractivity contribution is 5.99. The average Bonchev–Trinajstić information content (AvgIpc) is 2.42. The number of nitriles is 1. The molecule has 0 saturated heterocycles. The lowest BCUT2D eigenvalue weighted by molar-refractivity contribution is 0.0828. The quantitative estimate of drug-likeness (QED) is 0.866. The lowest BCUT2D eigenvalue weighted by Gasteiger charge is -2.25. The van der Waals surface area contributed by atoms with Gasteiger partial charge in [0.25, 0.3) is 5.91 Å². The van der Waals surface area contributed by atoms with Crippen molar-refractivity contribution in [1.29, 1.82) is 5.26 Å². The zero-order valence-corrected chi connectivity index (χ0v) is 12.7. The lowest BCUT2D eigenvalue weighted by atomic mass is 9.88. The molecule has 108 valence electrons. The minimum atomic E-state index is -0.0112. The first kappa shape index (κ1) is 16.0. The second kappa shape index (κ2) is 6.95. The molecule has 0 spiro atoms. The molecule has 0 aromatic heterocycles. The highest BCUT2D eigenvalue weighted by atomic mass is 16.2. The number of carbonyl (C=O) groups excluding carboxylic acids is 1. The molecule has 20 heavy (non-hydrogen) atoms. The Bertz CT molecular complexity index is 501. The van der Waals surface area contributed by atoms with Crippen LogP contribution in [0.3, 0.4) is 0 Å². The number of rotatable bonds is 6. The number of nitrogens with zero attached hydrogens (tertiary/aromatic N) is 2. The molecule has 0 aliphatic carbocycles. The highest BCUT2D eigenvalue weighted by Gasteiger charge is 2.19. The van der Waals surface area contributed by atoms with Crippen molar-refractivity contribution in [2.45, 2.75) is 26.7 Å². The molecule has 0 aliphatic rings. The topological polar surface area (TPSA) is 56.1 Å². The second-order valence-electron chi connectivity index (χ2n) is 5.92. The monoisotopic (exact) mass is 273 g/mol. The Morgan fingerprint density at radius 1 is 1.35 bits per heavy atom. The SMILES string of the molecule is CN(C)C(=O)c1ccccc1NCC(C)(C)CCC#N. The zero-order valence-electron chi connectivity index (χ0n) is 12.7.